The molecule has 0 aromatic heterocycles. The number of hydrogen-bond acceptors (Lipinski definition) is 2. The molecule has 1 atom stereocenters. The maximum absolute atomic E-state index is 11.8. The number of ether oxygens (including phenoxy) is 1. The quantitative estimate of drug-likeness (QED) is 0.610. The van der Waals surface area contributed by atoms with E-state index in [1.54, 1.807) is 18.2 Å². The van der Waals surface area contributed by atoms with Crippen LogP contribution < -0.4 is 0 Å². The van der Waals surface area contributed by atoms with Crippen molar-refractivity contribution in [2.75, 3.05) is 6.61 Å². The molecule has 16 heavy (non-hydrogen) atoms. The van der Waals surface area contributed by atoms with Crippen molar-refractivity contribution in [1.82, 2.24) is 0 Å². The lowest BCUT2D eigenvalue weighted by atomic mass is 10.1. The summed E-state index contributed by atoms with van der Waals surface area (Å²) in [6, 6.07) is 8.02. The van der Waals surface area contributed by atoms with Gasteiger partial charge in [0, 0.05) is 0 Å². The molecule has 0 heterocycles. The summed E-state index contributed by atoms with van der Waals surface area (Å²) in [6.07, 6.45) is -4.54. The molecule has 1 rings (SSSR count). The molecule has 0 aliphatic carbocycles. The van der Waals surface area contributed by atoms with Crippen molar-refractivity contribution < 1.29 is 22.7 Å². The number of hydrogen-bond donors (Lipinski definition) is 0. The molecular weight excluding hydrogens is 245 g/mol. The SMILES string of the molecule is O=C(OCC(F)(F)F)[C@@H](Cl)c1ccccc1. The van der Waals surface area contributed by atoms with Crippen LogP contribution in [0.3, 0.4) is 0 Å². The van der Waals surface area contributed by atoms with Gasteiger partial charge in [-0.3, -0.25) is 4.79 Å². The lowest BCUT2D eigenvalue weighted by Gasteiger charge is -2.11. The van der Waals surface area contributed by atoms with E-state index in [1.807, 2.05) is 0 Å². The van der Waals surface area contributed by atoms with Gasteiger partial charge in [0.25, 0.3) is 0 Å². The van der Waals surface area contributed by atoms with Crippen LogP contribution in [0.5, 0.6) is 0 Å². The molecular formula is C10H8ClF3O2. The topological polar surface area (TPSA) is 26.3 Å². The number of carbonyl (C=O) groups excluding carboxylic acids is 1. The smallest absolute Gasteiger partial charge is 0.422 e. The third-order valence-electron chi connectivity index (χ3n) is 1.68. The zero-order chi connectivity index (χ0) is 12.2. The number of esters is 1. The average molecular weight is 253 g/mol. The lowest BCUT2D eigenvalue weighted by molar-refractivity contribution is -0.186. The Labute approximate surface area is 95.0 Å². The third kappa shape index (κ3) is 4.10. The summed E-state index contributed by atoms with van der Waals surface area (Å²) in [6.45, 7) is -1.62. The van der Waals surface area contributed by atoms with Gasteiger partial charge in [0.05, 0.1) is 0 Å². The summed E-state index contributed by atoms with van der Waals surface area (Å²) in [4.78, 5) is 11.1. The first-order chi connectivity index (χ1) is 7.40. The first-order valence-electron chi connectivity index (χ1n) is 4.32. The van der Waals surface area contributed by atoms with Crippen LogP contribution in [0.4, 0.5) is 13.2 Å². The molecule has 88 valence electrons. The van der Waals surface area contributed by atoms with Crippen molar-refractivity contribution in [3.05, 3.63) is 35.9 Å². The monoisotopic (exact) mass is 252 g/mol. The normalized spacial score (nSPS) is 13.2. The summed E-state index contributed by atoms with van der Waals surface area (Å²) in [5.41, 5.74) is 0.399. The Morgan fingerprint density at radius 1 is 1.31 bits per heavy atom. The second-order valence-electron chi connectivity index (χ2n) is 3.00. The van der Waals surface area contributed by atoms with Gasteiger partial charge in [-0.1, -0.05) is 30.3 Å². The Morgan fingerprint density at radius 2 is 1.88 bits per heavy atom. The summed E-state index contributed by atoms with van der Waals surface area (Å²) in [5.74, 6) is -1.11. The largest absolute Gasteiger partial charge is 0.455 e. The van der Waals surface area contributed by atoms with Crippen molar-refractivity contribution in [3.63, 3.8) is 0 Å². The van der Waals surface area contributed by atoms with E-state index in [1.165, 1.54) is 12.1 Å². The van der Waals surface area contributed by atoms with Crippen molar-refractivity contribution in [2.24, 2.45) is 0 Å². The van der Waals surface area contributed by atoms with Crippen LogP contribution in [-0.4, -0.2) is 18.8 Å². The summed E-state index contributed by atoms with van der Waals surface area (Å²) in [5, 5.41) is -1.22. The van der Waals surface area contributed by atoms with Crippen LogP contribution in [0.2, 0.25) is 0 Å². The Morgan fingerprint density at radius 3 is 2.38 bits per heavy atom. The van der Waals surface area contributed by atoms with Gasteiger partial charge >= 0.3 is 12.1 Å². The van der Waals surface area contributed by atoms with Gasteiger partial charge in [-0.15, -0.1) is 11.6 Å². The van der Waals surface area contributed by atoms with Crippen LogP contribution in [0, 0.1) is 0 Å². The minimum absolute atomic E-state index is 0.399. The zero-order valence-electron chi connectivity index (χ0n) is 8.00. The van der Waals surface area contributed by atoms with E-state index in [-0.39, 0.29) is 0 Å². The lowest BCUT2D eigenvalue weighted by Crippen LogP contribution is -2.22. The fraction of sp³-hybridized carbons (Fsp3) is 0.300. The van der Waals surface area contributed by atoms with Crippen LogP contribution in [0.25, 0.3) is 0 Å². The van der Waals surface area contributed by atoms with Crippen molar-refractivity contribution in [2.45, 2.75) is 11.6 Å². The third-order valence-corrected chi connectivity index (χ3v) is 2.11. The number of halogens is 4. The second-order valence-corrected chi connectivity index (χ2v) is 3.43. The minimum Gasteiger partial charge on any atom is -0.455 e. The van der Waals surface area contributed by atoms with E-state index < -0.39 is 24.1 Å². The van der Waals surface area contributed by atoms with Gasteiger partial charge < -0.3 is 4.74 Å². The van der Waals surface area contributed by atoms with E-state index in [2.05, 4.69) is 4.74 Å². The fourth-order valence-corrected chi connectivity index (χ4v) is 1.19. The fourth-order valence-electron chi connectivity index (χ4n) is 0.984. The van der Waals surface area contributed by atoms with E-state index in [4.69, 9.17) is 11.6 Å². The van der Waals surface area contributed by atoms with Gasteiger partial charge in [-0.2, -0.15) is 13.2 Å². The van der Waals surface area contributed by atoms with E-state index in [9.17, 15) is 18.0 Å². The molecule has 0 saturated heterocycles. The molecule has 0 fully saturated rings. The molecule has 0 N–H and O–H groups in total. The van der Waals surface area contributed by atoms with Gasteiger partial charge in [0.1, 0.15) is 0 Å². The highest BCUT2D eigenvalue weighted by Gasteiger charge is 2.31. The maximum Gasteiger partial charge on any atom is 0.422 e. The summed E-state index contributed by atoms with van der Waals surface area (Å²) >= 11 is 5.64. The van der Waals surface area contributed by atoms with Gasteiger partial charge in [-0.25, -0.2) is 0 Å². The molecule has 1 aromatic carbocycles. The average Bonchev–Trinajstić information content (AvgIpc) is 2.25. The number of alkyl halides is 4. The molecule has 1 aromatic rings. The van der Waals surface area contributed by atoms with Crippen molar-refractivity contribution in [3.8, 4) is 0 Å². The minimum atomic E-state index is -4.54. The van der Waals surface area contributed by atoms with E-state index in [0.29, 0.717) is 5.56 Å². The molecule has 0 bridgehead atoms. The maximum atomic E-state index is 11.8. The molecule has 0 unspecified atom stereocenters. The van der Waals surface area contributed by atoms with Gasteiger partial charge in [0.2, 0.25) is 0 Å². The number of carbonyl (C=O) groups is 1. The highest BCUT2D eigenvalue weighted by molar-refractivity contribution is 6.29. The van der Waals surface area contributed by atoms with E-state index >= 15 is 0 Å². The second kappa shape index (κ2) is 5.21. The van der Waals surface area contributed by atoms with Gasteiger partial charge in [0.15, 0.2) is 12.0 Å². The van der Waals surface area contributed by atoms with Crippen LogP contribution in [0.15, 0.2) is 30.3 Å². The molecule has 0 saturated carbocycles. The van der Waals surface area contributed by atoms with Crippen LogP contribution >= 0.6 is 11.6 Å². The molecule has 2 nitrogen and oxygen atoms in total. The Kier molecular flexibility index (Phi) is 4.18. The molecule has 6 heteroatoms. The molecule has 0 aliphatic heterocycles. The highest BCUT2D eigenvalue weighted by atomic mass is 35.5. The van der Waals surface area contributed by atoms with Crippen LogP contribution in [-0.2, 0) is 9.53 Å². The van der Waals surface area contributed by atoms with Crippen molar-refractivity contribution >= 4 is 17.6 Å². The first-order valence-corrected chi connectivity index (χ1v) is 4.76. The Balaban J connectivity index is 2.55. The van der Waals surface area contributed by atoms with E-state index in [0.717, 1.165) is 0 Å². The Bertz CT molecular complexity index is 351. The molecule has 0 radical (unpaired) electrons. The standard InChI is InChI=1S/C10H8ClF3O2/c11-8(7-4-2-1-3-5-7)9(15)16-6-10(12,13)14/h1-5,8H,6H2/t8-/m0/s1. The first kappa shape index (κ1) is 12.8. The summed E-state index contributed by atoms with van der Waals surface area (Å²) < 4.78 is 39.3. The zero-order valence-corrected chi connectivity index (χ0v) is 8.76. The number of rotatable bonds is 3. The van der Waals surface area contributed by atoms with Gasteiger partial charge in [-0.05, 0) is 5.56 Å². The molecule has 0 spiro atoms. The van der Waals surface area contributed by atoms with Crippen LogP contribution in [0.1, 0.15) is 10.9 Å². The highest BCUT2D eigenvalue weighted by Crippen LogP contribution is 2.23. The predicted molar refractivity (Wildman–Crippen MR) is 52.1 cm³/mol. The molecule has 0 amide bonds. The number of benzene rings is 1. The molecule has 0 aliphatic rings. The predicted octanol–water partition coefficient (Wildman–Crippen LogP) is 3.07. The van der Waals surface area contributed by atoms with Crippen molar-refractivity contribution in [1.29, 1.82) is 0 Å². The summed E-state index contributed by atoms with van der Waals surface area (Å²) in [7, 11) is 0. The Hall–Kier alpha value is -1.23.